The molecular weight excluding hydrogens is 301 g/mol. The van der Waals surface area contributed by atoms with Crippen molar-refractivity contribution in [3.63, 3.8) is 0 Å². The monoisotopic (exact) mass is 316 g/mol. The van der Waals surface area contributed by atoms with Crippen molar-refractivity contribution < 1.29 is 17.9 Å². The molecule has 21 heavy (non-hydrogen) atoms. The molecule has 3 nitrogen and oxygen atoms in total. The maximum atomic E-state index is 12.6. The zero-order valence-electron chi connectivity index (χ0n) is 11.6. The molecule has 7 heteroatoms. The van der Waals surface area contributed by atoms with Gasteiger partial charge in [-0.05, 0) is 36.0 Å². The lowest BCUT2D eigenvalue weighted by molar-refractivity contribution is -0.144. The molecule has 0 spiro atoms. The van der Waals surface area contributed by atoms with E-state index in [-0.39, 0.29) is 5.01 Å². The van der Waals surface area contributed by atoms with Crippen molar-refractivity contribution in [1.82, 2.24) is 9.36 Å². The van der Waals surface area contributed by atoms with Crippen molar-refractivity contribution in [3.05, 3.63) is 30.1 Å². The molecule has 0 saturated heterocycles. The first kappa shape index (κ1) is 15.8. The van der Waals surface area contributed by atoms with Gasteiger partial charge in [-0.2, -0.15) is 17.5 Å². The van der Waals surface area contributed by atoms with Crippen molar-refractivity contribution in [3.8, 4) is 16.3 Å². The van der Waals surface area contributed by atoms with Gasteiger partial charge in [0.15, 0.2) is 0 Å². The molecule has 0 N–H and O–H groups in total. The SMILES string of the molecule is CC(C)CCOc1ccccc1-c1nc(C(F)(F)F)ns1. The topological polar surface area (TPSA) is 35.0 Å². The molecule has 0 saturated carbocycles. The smallest absolute Gasteiger partial charge is 0.452 e. The quantitative estimate of drug-likeness (QED) is 0.805. The van der Waals surface area contributed by atoms with Gasteiger partial charge in [-0.25, -0.2) is 4.98 Å². The summed E-state index contributed by atoms with van der Waals surface area (Å²) in [5, 5.41) is 0.211. The lowest BCUT2D eigenvalue weighted by atomic mass is 10.1. The normalized spacial score (nSPS) is 11.9. The molecule has 0 fully saturated rings. The van der Waals surface area contributed by atoms with Crippen LogP contribution in [0.25, 0.3) is 10.6 Å². The number of para-hydroxylation sites is 1. The van der Waals surface area contributed by atoms with Crippen LogP contribution in [0.4, 0.5) is 13.2 Å². The Morgan fingerprint density at radius 3 is 2.57 bits per heavy atom. The minimum atomic E-state index is -4.53. The summed E-state index contributed by atoms with van der Waals surface area (Å²) in [6.07, 6.45) is -3.65. The Bertz CT molecular complexity index is 596. The van der Waals surface area contributed by atoms with E-state index >= 15 is 0 Å². The summed E-state index contributed by atoms with van der Waals surface area (Å²) >= 11 is 0.722. The molecule has 0 amide bonds. The lowest BCUT2D eigenvalue weighted by Crippen LogP contribution is -2.07. The van der Waals surface area contributed by atoms with Gasteiger partial charge in [-0.1, -0.05) is 26.0 Å². The fourth-order valence-electron chi connectivity index (χ4n) is 1.62. The highest BCUT2D eigenvalue weighted by Gasteiger charge is 2.36. The Morgan fingerprint density at radius 1 is 1.24 bits per heavy atom. The molecule has 0 unspecified atom stereocenters. The van der Waals surface area contributed by atoms with Gasteiger partial charge in [-0.3, -0.25) is 0 Å². The van der Waals surface area contributed by atoms with Gasteiger partial charge >= 0.3 is 6.18 Å². The third-order valence-electron chi connectivity index (χ3n) is 2.75. The standard InChI is InChI=1S/C14H15F3N2OS/c1-9(2)7-8-20-11-6-4-3-5-10(11)12-18-13(19-21-12)14(15,16)17/h3-6,9H,7-8H2,1-2H3. The van der Waals surface area contributed by atoms with Gasteiger partial charge in [-0.15, -0.1) is 0 Å². The van der Waals surface area contributed by atoms with E-state index in [9.17, 15) is 13.2 Å². The van der Waals surface area contributed by atoms with Crippen molar-refractivity contribution in [2.75, 3.05) is 6.61 Å². The molecule has 0 atom stereocenters. The second kappa shape index (κ2) is 6.43. The molecule has 0 radical (unpaired) electrons. The molecule has 114 valence electrons. The third kappa shape index (κ3) is 4.17. The Kier molecular flexibility index (Phi) is 4.82. The minimum Gasteiger partial charge on any atom is -0.493 e. The molecule has 1 aromatic carbocycles. The first-order valence-corrected chi connectivity index (χ1v) is 7.28. The molecule has 0 aliphatic rings. The number of nitrogens with zero attached hydrogens (tertiary/aromatic N) is 2. The number of rotatable bonds is 5. The Labute approximate surface area is 125 Å². The van der Waals surface area contributed by atoms with Crippen molar-refractivity contribution in [1.29, 1.82) is 0 Å². The summed E-state index contributed by atoms with van der Waals surface area (Å²) in [7, 11) is 0. The summed E-state index contributed by atoms with van der Waals surface area (Å²) < 4.78 is 46.7. The average molecular weight is 316 g/mol. The van der Waals surface area contributed by atoms with Gasteiger partial charge in [0, 0.05) is 0 Å². The maximum Gasteiger partial charge on any atom is 0.452 e. The fraction of sp³-hybridized carbons (Fsp3) is 0.429. The highest BCUT2D eigenvalue weighted by atomic mass is 32.1. The Balaban J connectivity index is 2.21. The third-order valence-corrected chi connectivity index (χ3v) is 3.50. The van der Waals surface area contributed by atoms with Crippen LogP contribution < -0.4 is 4.74 Å². The van der Waals surface area contributed by atoms with Crippen LogP contribution in [0.15, 0.2) is 24.3 Å². The molecule has 0 aliphatic heterocycles. The first-order chi connectivity index (χ1) is 9.88. The summed E-state index contributed by atoms with van der Waals surface area (Å²) in [6, 6.07) is 6.93. The second-order valence-electron chi connectivity index (χ2n) is 4.95. The van der Waals surface area contributed by atoms with Gasteiger partial charge in [0.1, 0.15) is 10.8 Å². The largest absolute Gasteiger partial charge is 0.493 e. The molecule has 0 aliphatic carbocycles. The van der Waals surface area contributed by atoms with Crippen LogP contribution in [-0.2, 0) is 6.18 Å². The zero-order chi connectivity index (χ0) is 15.5. The molecule has 2 rings (SSSR count). The first-order valence-electron chi connectivity index (χ1n) is 6.51. The van der Waals surface area contributed by atoms with E-state index in [2.05, 4.69) is 23.2 Å². The number of hydrogen-bond donors (Lipinski definition) is 0. The van der Waals surface area contributed by atoms with E-state index < -0.39 is 12.0 Å². The predicted molar refractivity (Wildman–Crippen MR) is 75.3 cm³/mol. The van der Waals surface area contributed by atoms with Crippen molar-refractivity contribution >= 4 is 11.5 Å². The van der Waals surface area contributed by atoms with Crippen molar-refractivity contribution in [2.24, 2.45) is 5.92 Å². The summed E-state index contributed by atoms with van der Waals surface area (Å²) in [4.78, 5) is 3.56. The van der Waals surface area contributed by atoms with E-state index in [1.165, 1.54) is 0 Å². The highest BCUT2D eigenvalue weighted by molar-refractivity contribution is 7.09. The number of aromatic nitrogens is 2. The van der Waals surface area contributed by atoms with Gasteiger partial charge in [0.25, 0.3) is 0 Å². The van der Waals surface area contributed by atoms with Crippen LogP contribution in [-0.4, -0.2) is 16.0 Å². The van der Waals surface area contributed by atoms with Crippen LogP contribution in [0.5, 0.6) is 5.75 Å². The molecule has 0 bridgehead atoms. The van der Waals surface area contributed by atoms with Gasteiger partial charge < -0.3 is 4.74 Å². The van der Waals surface area contributed by atoms with Crippen LogP contribution in [0.3, 0.4) is 0 Å². The predicted octanol–water partition coefficient (Wildman–Crippen LogP) is 4.65. The summed E-state index contributed by atoms with van der Waals surface area (Å²) in [5.74, 6) is -0.0852. The number of halogens is 3. The Hall–Kier alpha value is -1.63. The van der Waals surface area contributed by atoms with E-state index in [1.54, 1.807) is 24.3 Å². The Morgan fingerprint density at radius 2 is 1.95 bits per heavy atom. The average Bonchev–Trinajstić information content (AvgIpc) is 2.88. The highest BCUT2D eigenvalue weighted by Crippen LogP contribution is 2.35. The van der Waals surface area contributed by atoms with E-state index in [0.717, 1.165) is 18.0 Å². The minimum absolute atomic E-state index is 0.211. The maximum absolute atomic E-state index is 12.6. The van der Waals surface area contributed by atoms with Crippen LogP contribution in [0.1, 0.15) is 26.1 Å². The lowest BCUT2D eigenvalue weighted by Gasteiger charge is -2.10. The molecule has 2 aromatic rings. The zero-order valence-corrected chi connectivity index (χ0v) is 12.5. The second-order valence-corrected chi connectivity index (χ2v) is 5.70. The van der Waals surface area contributed by atoms with E-state index in [0.29, 0.717) is 23.8 Å². The summed E-state index contributed by atoms with van der Waals surface area (Å²) in [5.41, 5.74) is 0.536. The van der Waals surface area contributed by atoms with E-state index in [4.69, 9.17) is 4.74 Å². The molecular formula is C14H15F3N2OS. The molecule has 1 aromatic heterocycles. The molecule has 1 heterocycles. The number of benzene rings is 1. The number of ether oxygens (including phenoxy) is 1. The fourth-order valence-corrected chi connectivity index (χ4v) is 2.33. The number of hydrogen-bond acceptors (Lipinski definition) is 4. The van der Waals surface area contributed by atoms with Gasteiger partial charge in [0.2, 0.25) is 5.82 Å². The van der Waals surface area contributed by atoms with Gasteiger partial charge in [0.05, 0.1) is 12.2 Å². The number of alkyl halides is 3. The summed E-state index contributed by atoms with van der Waals surface area (Å²) in [6.45, 7) is 4.67. The van der Waals surface area contributed by atoms with Crippen LogP contribution in [0, 0.1) is 5.92 Å². The van der Waals surface area contributed by atoms with Crippen LogP contribution in [0.2, 0.25) is 0 Å². The van der Waals surface area contributed by atoms with Crippen LogP contribution >= 0.6 is 11.5 Å². The van der Waals surface area contributed by atoms with E-state index in [1.807, 2.05) is 0 Å². The van der Waals surface area contributed by atoms with Crippen molar-refractivity contribution in [2.45, 2.75) is 26.4 Å².